The van der Waals surface area contributed by atoms with Gasteiger partial charge < -0.3 is 15.2 Å². The molecular weight excluding hydrogens is 414 g/mol. The van der Waals surface area contributed by atoms with Crippen LogP contribution in [0.3, 0.4) is 0 Å². The average Bonchev–Trinajstić information content (AvgIpc) is 3.16. The van der Waals surface area contributed by atoms with Crippen LogP contribution in [0.4, 0.5) is 5.13 Å². The lowest BCUT2D eigenvalue weighted by Gasteiger charge is -2.12. The molecule has 1 aromatic heterocycles. The van der Waals surface area contributed by atoms with Gasteiger partial charge in [-0.1, -0.05) is 35.6 Å². The van der Waals surface area contributed by atoms with Crippen LogP contribution in [0.1, 0.15) is 28.1 Å². The Hall–Kier alpha value is -3.46. The maximum absolute atomic E-state index is 11.9. The summed E-state index contributed by atoms with van der Waals surface area (Å²) in [5, 5.41) is 12.4. The molecule has 0 fully saturated rings. The predicted octanol–water partition coefficient (Wildman–Crippen LogP) is 3.28. The largest absolute Gasteiger partial charge is 0.493 e. The maximum Gasteiger partial charge on any atom is 0.247 e. The van der Waals surface area contributed by atoms with Crippen molar-refractivity contribution in [3.8, 4) is 11.5 Å². The van der Waals surface area contributed by atoms with E-state index in [2.05, 4.69) is 40.6 Å². The summed E-state index contributed by atoms with van der Waals surface area (Å²) in [6.45, 7) is 5.19. The first-order valence-corrected chi connectivity index (χ1v) is 10.6. The van der Waals surface area contributed by atoms with Gasteiger partial charge in [-0.2, -0.15) is 5.10 Å². The Morgan fingerprint density at radius 2 is 1.84 bits per heavy atom. The van der Waals surface area contributed by atoms with Gasteiger partial charge in [-0.3, -0.25) is 4.79 Å². The second-order valence-electron chi connectivity index (χ2n) is 6.79. The van der Waals surface area contributed by atoms with E-state index in [1.165, 1.54) is 16.9 Å². The van der Waals surface area contributed by atoms with Gasteiger partial charge in [0.05, 0.1) is 25.8 Å². The Morgan fingerprint density at radius 1 is 1.10 bits per heavy atom. The number of benzene rings is 2. The van der Waals surface area contributed by atoms with Gasteiger partial charge in [-0.25, -0.2) is 5.43 Å². The van der Waals surface area contributed by atoms with Crippen molar-refractivity contribution in [3.63, 3.8) is 0 Å². The summed E-state index contributed by atoms with van der Waals surface area (Å²) >= 11 is 1.17. The van der Waals surface area contributed by atoms with Gasteiger partial charge in [0.1, 0.15) is 16.5 Å². The molecule has 8 nitrogen and oxygen atoms in total. The molecule has 3 rings (SSSR count). The van der Waals surface area contributed by atoms with E-state index in [0.717, 1.165) is 23.3 Å². The number of ether oxygens (including phenoxy) is 2. The van der Waals surface area contributed by atoms with E-state index in [9.17, 15) is 4.79 Å². The van der Waals surface area contributed by atoms with E-state index in [1.807, 2.05) is 36.4 Å². The predicted molar refractivity (Wildman–Crippen MR) is 122 cm³/mol. The van der Waals surface area contributed by atoms with E-state index in [1.54, 1.807) is 6.21 Å². The first-order valence-electron chi connectivity index (χ1n) is 9.83. The summed E-state index contributed by atoms with van der Waals surface area (Å²) in [5.41, 5.74) is 11.1. The summed E-state index contributed by atoms with van der Waals surface area (Å²) in [6.07, 6.45) is 2.36. The number of carbonyl (C=O) groups excluding carboxylic acids is 1. The number of nitrogens with two attached hydrogens (primary N) is 1. The molecule has 3 N–H and O–H groups in total. The third-order valence-corrected chi connectivity index (χ3v) is 5.22. The van der Waals surface area contributed by atoms with Gasteiger partial charge in [0.15, 0.2) is 0 Å². The van der Waals surface area contributed by atoms with Gasteiger partial charge in [-0.05, 0) is 43.2 Å². The molecule has 0 aliphatic carbocycles. The van der Waals surface area contributed by atoms with Crippen LogP contribution in [0.15, 0.2) is 47.6 Å². The molecule has 0 aliphatic heterocycles. The zero-order valence-corrected chi connectivity index (χ0v) is 18.3. The number of rotatable bonds is 10. The number of hydrogen-bond donors (Lipinski definition) is 2. The fraction of sp³-hybridized carbons (Fsp3) is 0.273. The molecule has 1 amide bonds. The molecule has 0 saturated carbocycles. The normalized spacial score (nSPS) is 10.9. The standard InChI is InChI=1S/C22H25N5O3S/c1-15-7-5-10-18(16(15)2)29-11-6-12-30-19-9-4-3-8-17(19)14-24-25-20(28)13-21-26-27-22(23)31-21/h3-5,7-10,14H,6,11-13H2,1-2H3,(H2,23,27)(H,25,28). The Morgan fingerprint density at radius 3 is 2.61 bits per heavy atom. The number of amides is 1. The number of hydrogen-bond acceptors (Lipinski definition) is 8. The van der Waals surface area contributed by atoms with E-state index >= 15 is 0 Å². The zero-order valence-electron chi connectivity index (χ0n) is 17.5. The van der Waals surface area contributed by atoms with Crippen molar-refractivity contribution in [2.24, 2.45) is 5.10 Å². The molecule has 0 atom stereocenters. The van der Waals surface area contributed by atoms with Gasteiger partial charge in [0, 0.05) is 12.0 Å². The van der Waals surface area contributed by atoms with Crippen LogP contribution in [0.5, 0.6) is 11.5 Å². The summed E-state index contributed by atoms with van der Waals surface area (Å²) < 4.78 is 11.7. The van der Waals surface area contributed by atoms with Crippen LogP contribution in [0.2, 0.25) is 0 Å². The van der Waals surface area contributed by atoms with Crippen molar-refractivity contribution in [2.45, 2.75) is 26.7 Å². The molecule has 0 radical (unpaired) electrons. The second kappa shape index (κ2) is 11.1. The van der Waals surface area contributed by atoms with E-state index in [4.69, 9.17) is 15.2 Å². The number of nitrogens with one attached hydrogen (secondary N) is 1. The molecule has 0 spiro atoms. The van der Waals surface area contributed by atoms with Crippen molar-refractivity contribution in [2.75, 3.05) is 18.9 Å². The Labute approximate surface area is 185 Å². The maximum atomic E-state index is 11.9. The van der Waals surface area contributed by atoms with Crippen molar-refractivity contribution in [1.82, 2.24) is 15.6 Å². The fourth-order valence-corrected chi connectivity index (χ4v) is 3.32. The highest BCUT2D eigenvalue weighted by molar-refractivity contribution is 7.15. The van der Waals surface area contributed by atoms with E-state index < -0.39 is 0 Å². The Kier molecular flexibility index (Phi) is 7.94. The monoisotopic (exact) mass is 439 g/mol. The van der Waals surface area contributed by atoms with Crippen LogP contribution < -0.4 is 20.6 Å². The van der Waals surface area contributed by atoms with Crippen LogP contribution in [-0.2, 0) is 11.2 Å². The van der Waals surface area contributed by atoms with Crippen molar-refractivity contribution >= 4 is 28.6 Å². The lowest BCUT2D eigenvalue weighted by atomic mass is 10.1. The zero-order chi connectivity index (χ0) is 22.1. The summed E-state index contributed by atoms with van der Waals surface area (Å²) in [4.78, 5) is 11.9. The molecule has 2 aromatic carbocycles. The minimum absolute atomic E-state index is 0.0742. The molecular formula is C22H25N5O3S. The van der Waals surface area contributed by atoms with E-state index in [-0.39, 0.29) is 12.3 Å². The molecule has 162 valence electrons. The number of anilines is 1. The summed E-state index contributed by atoms with van der Waals surface area (Å²) in [5.74, 6) is 1.29. The molecule has 0 unspecified atom stereocenters. The molecule has 31 heavy (non-hydrogen) atoms. The third kappa shape index (κ3) is 6.78. The number of nitrogen functional groups attached to an aromatic ring is 1. The topological polar surface area (TPSA) is 112 Å². The minimum atomic E-state index is -0.297. The molecule has 0 bridgehead atoms. The van der Waals surface area contributed by atoms with Crippen LogP contribution >= 0.6 is 11.3 Å². The van der Waals surface area contributed by atoms with Crippen molar-refractivity contribution in [1.29, 1.82) is 0 Å². The number of carbonyl (C=O) groups is 1. The quantitative estimate of drug-likeness (QED) is 0.285. The molecule has 0 aliphatic rings. The number of hydrazone groups is 1. The Bertz CT molecular complexity index is 1050. The highest BCUT2D eigenvalue weighted by Gasteiger charge is 2.07. The van der Waals surface area contributed by atoms with Crippen LogP contribution in [-0.4, -0.2) is 35.5 Å². The molecule has 0 saturated heterocycles. The van der Waals surface area contributed by atoms with Gasteiger partial charge in [-0.15, -0.1) is 10.2 Å². The van der Waals surface area contributed by atoms with Crippen LogP contribution in [0.25, 0.3) is 0 Å². The lowest BCUT2D eigenvalue weighted by Crippen LogP contribution is -2.19. The molecule has 9 heteroatoms. The number of para-hydroxylation sites is 1. The summed E-state index contributed by atoms with van der Waals surface area (Å²) in [6, 6.07) is 13.5. The highest BCUT2D eigenvalue weighted by Crippen LogP contribution is 2.21. The first kappa shape index (κ1) is 22.2. The highest BCUT2D eigenvalue weighted by atomic mass is 32.1. The lowest BCUT2D eigenvalue weighted by molar-refractivity contribution is -0.120. The Balaban J connectivity index is 1.44. The molecule has 1 heterocycles. The van der Waals surface area contributed by atoms with Gasteiger partial charge >= 0.3 is 0 Å². The van der Waals surface area contributed by atoms with Gasteiger partial charge in [0.2, 0.25) is 11.0 Å². The van der Waals surface area contributed by atoms with Crippen LogP contribution in [0, 0.1) is 13.8 Å². The second-order valence-corrected chi connectivity index (χ2v) is 7.88. The number of nitrogens with zero attached hydrogens (tertiary/aromatic N) is 3. The van der Waals surface area contributed by atoms with Gasteiger partial charge in [0.25, 0.3) is 0 Å². The van der Waals surface area contributed by atoms with Crippen molar-refractivity contribution in [3.05, 3.63) is 64.2 Å². The minimum Gasteiger partial charge on any atom is -0.493 e. The number of aromatic nitrogens is 2. The SMILES string of the molecule is Cc1cccc(OCCCOc2ccccc2C=NNC(=O)Cc2nnc(N)s2)c1C. The third-order valence-electron chi connectivity index (χ3n) is 4.46. The fourth-order valence-electron chi connectivity index (χ4n) is 2.71. The van der Waals surface area contributed by atoms with E-state index in [0.29, 0.717) is 29.1 Å². The van der Waals surface area contributed by atoms with Crippen molar-refractivity contribution < 1.29 is 14.3 Å². The average molecular weight is 440 g/mol. The molecule has 3 aromatic rings. The summed E-state index contributed by atoms with van der Waals surface area (Å²) in [7, 11) is 0. The smallest absolute Gasteiger partial charge is 0.247 e. The first-order chi connectivity index (χ1) is 15.0. The number of aryl methyl sites for hydroxylation is 1.